The van der Waals surface area contributed by atoms with E-state index in [1.807, 2.05) is 11.0 Å². The van der Waals surface area contributed by atoms with Crippen LogP contribution in [0.25, 0.3) is 0 Å². The number of carbonyl (C=O) groups is 1. The van der Waals surface area contributed by atoms with E-state index in [0.717, 1.165) is 25.9 Å². The van der Waals surface area contributed by atoms with Gasteiger partial charge in [0.25, 0.3) is 0 Å². The molecule has 0 aromatic heterocycles. The highest BCUT2D eigenvalue weighted by atomic mass is 19.1. The zero-order chi connectivity index (χ0) is 15.1. The number of nitriles is 1. The molecule has 1 N–H and O–H groups in total. The van der Waals surface area contributed by atoms with Gasteiger partial charge in [-0.05, 0) is 37.5 Å². The van der Waals surface area contributed by atoms with Crippen LogP contribution < -0.4 is 5.32 Å². The van der Waals surface area contributed by atoms with Gasteiger partial charge in [-0.3, -0.25) is 4.79 Å². The lowest BCUT2D eigenvalue weighted by Gasteiger charge is -2.26. The molecule has 0 aliphatic carbocycles. The van der Waals surface area contributed by atoms with Gasteiger partial charge < -0.3 is 10.2 Å². The number of nitrogens with zero attached hydrogens (tertiary/aromatic N) is 2. The number of benzene rings is 1. The van der Waals surface area contributed by atoms with Crippen molar-refractivity contribution in [2.75, 3.05) is 19.6 Å². The lowest BCUT2D eigenvalue weighted by molar-refractivity contribution is -0.131. The smallest absolute Gasteiger partial charge is 0.223 e. The Morgan fingerprint density at radius 2 is 2.10 bits per heavy atom. The molecule has 5 heteroatoms. The van der Waals surface area contributed by atoms with Crippen molar-refractivity contribution in [2.24, 2.45) is 0 Å². The van der Waals surface area contributed by atoms with Crippen molar-refractivity contribution in [1.82, 2.24) is 10.2 Å². The number of nitrogens with one attached hydrogen (secondary N) is 1. The molecule has 2 rings (SSSR count). The van der Waals surface area contributed by atoms with E-state index < -0.39 is 0 Å². The summed E-state index contributed by atoms with van der Waals surface area (Å²) in [6.07, 6.45) is 3.81. The molecule has 21 heavy (non-hydrogen) atoms. The number of hydrogen-bond acceptors (Lipinski definition) is 3. The summed E-state index contributed by atoms with van der Waals surface area (Å²) in [6, 6.07) is 6.28. The van der Waals surface area contributed by atoms with Crippen LogP contribution in [0.2, 0.25) is 0 Å². The fourth-order valence-electron chi connectivity index (χ4n) is 2.50. The SMILES string of the molecule is N#Cc1ccc(F)c(CNCCC(=O)N2CCCCC2)c1. The summed E-state index contributed by atoms with van der Waals surface area (Å²) >= 11 is 0. The van der Waals surface area contributed by atoms with Gasteiger partial charge in [0.05, 0.1) is 11.6 Å². The van der Waals surface area contributed by atoms with Gasteiger partial charge in [0.2, 0.25) is 5.91 Å². The molecule has 1 aromatic carbocycles. The second kappa shape index (κ2) is 7.75. The maximum atomic E-state index is 13.6. The first-order valence-corrected chi connectivity index (χ1v) is 7.38. The molecule has 112 valence electrons. The largest absolute Gasteiger partial charge is 0.343 e. The van der Waals surface area contributed by atoms with Crippen molar-refractivity contribution in [3.63, 3.8) is 0 Å². The van der Waals surface area contributed by atoms with Gasteiger partial charge in [0, 0.05) is 38.2 Å². The molecule has 0 bridgehead atoms. The minimum Gasteiger partial charge on any atom is -0.343 e. The Bertz CT molecular complexity index is 533. The van der Waals surface area contributed by atoms with Crippen LogP contribution in [0.3, 0.4) is 0 Å². The second-order valence-corrected chi connectivity index (χ2v) is 5.29. The number of hydrogen-bond donors (Lipinski definition) is 1. The average molecular weight is 289 g/mol. The maximum Gasteiger partial charge on any atom is 0.223 e. The predicted octanol–water partition coefficient (Wildman–Crippen LogP) is 2.19. The number of rotatable bonds is 5. The molecule has 1 aromatic rings. The Balaban J connectivity index is 1.74. The van der Waals surface area contributed by atoms with Gasteiger partial charge in [0.15, 0.2) is 0 Å². The number of likely N-dealkylation sites (tertiary alicyclic amines) is 1. The second-order valence-electron chi connectivity index (χ2n) is 5.29. The van der Waals surface area contributed by atoms with Crippen molar-refractivity contribution < 1.29 is 9.18 Å². The zero-order valence-corrected chi connectivity index (χ0v) is 12.1. The summed E-state index contributed by atoms with van der Waals surface area (Å²) < 4.78 is 13.6. The third-order valence-corrected chi connectivity index (χ3v) is 3.71. The fourth-order valence-corrected chi connectivity index (χ4v) is 2.50. The number of halogens is 1. The minimum atomic E-state index is -0.330. The van der Waals surface area contributed by atoms with E-state index in [-0.39, 0.29) is 11.7 Å². The molecule has 1 aliphatic rings. The van der Waals surface area contributed by atoms with E-state index in [1.54, 1.807) is 0 Å². The van der Waals surface area contributed by atoms with Crippen LogP contribution in [0, 0.1) is 17.1 Å². The minimum absolute atomic E-state index is 0.161. The normalized spacial score (nSPS) is 14.8. The van der Waals surface area contributed by atoms with Crippen molar-refractivity contribution in [1.29, 1.82) is 5.26 Å². The van der Waals surface area contributed by atoms with E-state index >= 15 is 0 Å². The van der Waals surface area contributed by atoms with Gasteiger partial charge >= 0.3 is 0 Å². The van der Waals surface area contributed by atoms with Crippen LogP contribution in [0.1, 0.15) is 36.8 Å². The summed E-state index contributed by atoms with van der Waals surface area (Å²) in [5.41, 5.74) is 0.900. The van der Waals surface area contributed by atoms with Gasteiger partial charge in [-0.1, -0.05) is 0 Å². The average Bonchev–Trinajstić information content (AvgIpc) is 2.53. The summed E-state index contributed by atoms with van der Waals surface area (Å²) in [4.78, 5) is 13.9. The fraction of sp³-hybridized carbons (Fsp3) is 0.500. The molecule has 0 unspecified atom stereocenters. The topological polar surface area (TPSA) is 56.1 Å². The monoisotopic (exact) mass is 289 g/mol. The molecule has 0 saturated carbocycles. The van der Waals surface area contributed by atoms with Crippen LogP contribution >= 0.6 is 0 Å². The molecule has 1 heterocycles. The van der Waals surface area contributed by atoms with Gasteiger partial charge in [-0.25, -0.2) is 4.39 Å². The number of carbonyl (C=O) groups excluding carboxylic acids is 1. The van der Waals surface area contributed by atoms with E-state index in [9.17, 15) is 9.18 Å². The number of piperidine rings is 1. The Morgan fingerprint density at radius 1 is 1.33 bits per heavy atom. The van der Waals surface area contributed by atoms with Crippen LogP contribution in [0.15, 0.2) is 18.2 Å². The molecule has 1 saturated heterocycles. The van der Waals surface area contributed by atoms with E-state index in [4.69, 9.17) is 5.26 Å². The Labute approximate surface area is 124 Å². The van der Waals surface area contributed by atoms with Crippen molar-refractivity contribution in [3.05, 3.63) is 35.1 Å². The first kappa shape index (κ1) is 15.5. The van der Waals surface area contributed by atoms with Crippen LogP contribution in [-0.4, -0.2) is 30.4 Å². The molecule has 0 atom stereocenters. The molecule has 0 spiro atoms. The van der Waals surface area contributed by atoms with Gasteiger partial charge in [0.1, 0.15) is 5.82 Å². The van der Waals surface area contributed by atoms with Crippen LogP contribution in [0.4, 0.5) is 4.39 Å². The molecular weight excluding hydrogens is 269 g/mol. The summed E-state index contributed by atoms with van der Waals surface area (Å²) in [5.74, 6) is -0.169. The first-order chi connectivity index (χ1) is 10.2. The van der Waals surface area contributed by atoms with E-state index in [2.05, 4.69) is 5.32 Å². The molecule has 1 fully saturated rings. The van der Waals surface area contributed by atoms with Crippen molar-refractivity contribution in [2.45, 2.75) is 32.2 Å². The van der Waals surface area contributed by atoms with Crippen LogP contribution in [0.5, 0.6) is 0 Å². The standard InChI is InChI=1S/C16H20FN3O/c17-15-5-4-13(11-18)10-14(15)12-19-7-6-16(21)20-8-2-1-3-9-20/h4-5,10,19H,1-3,6-9,12H2. The summed E-state index contributed by atoms with van der Waals surface area (Å²) in [6.45, 7) is 2.57. The summed E-state index contributed by atoms with van der Waals surface area (Å²) in [7, 11) is 0. The highest BCUT2D eigenvalue weighted by Gasteiger charge is 2.15. The maximum absolute atomic E-state index is 13.6. The Hall–Kier alpha value is -1.93. The quantitative estimate of drug-likeness (QED) is 0.845. The molecular formula is C16H20FN3O. The number of amides is 1. The molecule has 1 aliphatic heterocycles. The molecule has 4 nitrogen and oxygen atoms in total. The predicted molar refractivity (Wildman–Crippen MR) is 77.9 cm³/mol. The Morgan fingerprint density at radius 3 is 2.81 bits per heavy atom. The highest BCUT2D eigenvalue weighted by Crippen LogP contribution is 2.11. The van der Waals surface area contributed by atoms with E-state index in [0.29, 0.717) is 30.6 Å². The third-order valence-electron chi connectivity index (χ3n) is 3.71. The van der Waals surface area contributed by atoms with Crippen molar-refractivity contribution >= 4 is 5.91 Å². The van der Waals surface area contributed by atoms with Gasteiger partial charge in [-0.2, -0.15) is 5.26 Å². The lowest BCUT2D eigenvalue weighted by atomic mass is 10.1. The van der Waals surface area contributed by atoms with Crippen LogP contribution in [-0.2, 0) is 11.3 Å². The highest BCUT2D eigenvalue weighted by molar-refractivity contribution is 5.76. The molecule has 0 radical (unpaired) electrons. The first-order valence-electron chi connectivity index (χ1n) is 7.38. The van der Waals surface area contributed by atoms with E-state index in [1.165, 1.54) is 24.6 Å². The lowest BCUT2D eigenvalue weighted by Crippen LogP contribution is -2.37. The Kier molecular flexibility index (Phi) is 5.70. The third kappa shape index (κ3) is 4.54. The zero-order valence-electron chi connectivity index (χ0n) is 12.1. The van der Waals surface area contributed by atoms with Gasteiger partial charge in [-0.15, -0.1) is 0 Å². The summed E-state index contributed by atoms with van der Waals surface area (Å²) in [5, 5.41) is 11.9. The molecule has 1 amide bonds. The van der Waals surface area contributed by atoms with Crippen molar-refractivity contribution in [3.8, 4) is 6.07 Å².